The third-order valence-electron chi connectivity index (χ3n) is 3.46. The Hall–Kier alpha value is -1.14. The fourth-order valence-electron chi connectivity index (χ4n) is 1.95. The van der Waals surface area contributed by atoms with Crippen LogP contribution in [0.3, 0.4) is 0 Å². The lowest BCUT2D eigenvalue weighted by Gasteiger charge is -2.32. The molecule has 2 nitrogen and oxygen atoms in total. The second-order valence-electron chi connectivity index (χ2n) is 4.53. The monoisotopic (exact) mass is 309 g/mol. The van der Waals surface area contributed by atoms with Crippen molar-refractivity contribution in [1.82, 2.24) is 0 Å². The third-order valence-corrected chi connectivity index (χ3v) is 3.46. The molecule has 0 spiro atoms. The molecule has 0 radical (unpaired) electrons. The van der Waals surface area contributed by atoms with E-state index >= 15 is 0 Å². The van der Waals surface area contributed by atoms with Gasteiger partial charge < -0.3 is 10.8 Å². The van der Waals surface area contributed by atoms with Crippen LogP contribution in [0, 0.1) is 5.82 Å². The van der Waals surface area contributed by atoms with E-state index in [1.165, 1.54) is 0 Å². The lowest BCUT2D eigenvalue weighted by Crippen LogP contribution is -2.40. The second kappa shape index (κ2) is 7.75. The first-order valence-corrected chi connectivity index (χ1v) is 7.00. The first-order valence-electron chi connectivity index (χ1n) is 7.00. The van der Waals surface area contributed by atoms with Crippen molar-refractivity contribution in [2.45, 2.75) is 58.4 Å². The van der Waals surface area contributed by atoms with E-state index in [4.69, 9.17) is 5.73 Å². The van der Waals surface area contributed by atoms with E-state index in [-0.39, 0.29) is 5.56 Å². The van der Waals surface area contributed by atoms with Crippen LogP contribution in [-0.4, -0.2) is 10.7 Å². The molecule has 1 aromatic carbocycles. The molecule has 0 bridgehead atoms. The zero-order valence-electron chi connectivity index (χ0n) is 12.8. The van der Waals surface area contributed by atoms with Crippen molar-refractivity contribution in [3.63, 3.8) is 0 Å². The molecule has 0 aliphatic carbocycles. The lowest BCUT2D eigenvalue weighted by molar-refractivity contribution is -0.140. The molecule has 0 heterocycles. The molecule has 21 heavy (non-hydrogen) atoms. The van der Waals surface area contributed by atoms with Crippen LogP contribution in [-0.2, 0) is 6.18 Å². The summed E-state index contributed by atoms with van der Waals surface area (Å²) in [5.74, 6) is -1.38. The minimum absolute atomic E-state index is 0.150. The van der Waals surface area contributed by atoms with Gasteiger partial charge in [-0.2, -0.15) is 13.2 Å². The van der Waals surface area contributed by atoms with Gasteiger partial charge in [-0.1, -0.05) is 33.8 Å². The zero-order chi connectivity index (χ0) is 16.8. The average Bonchev–Trinajstić information content (AvgIpc) is 2.46. The maximum Gasteiger partial charge on any atom is 0.419 e. The Labute approximate surface area is 123 Å². The van der Waals surface area contributed by atoms with Gasteiger partial charge in [-0.05, 0) is 30.5 Å². The molecule has 6 heteroatoms. The van der Waals surface area contributed by atoms with Gasteiger partial charge in [-0.15, -0.1) is 0 Å². The molecule has 1 rings (SSSR count). The highest BCUT2D eigenvalue weighted by molar-refractivity contribution is 5.29. The molecule has 1 atom stereocenters. The van der Waals surface area contributed by atoms with E-state index in [0.717, 1.165) is 12.1 Å². The first-order chi connectivity index (χ1) is 9.65. The van der Waals surface area contributed by atoms with E-state index in [0.29, 0.717) is 18.9 Å². The normalized spacial score (nSPS) is 13.4. The Morgan fingerprint density at radius 1 is 1.14 bits per heavy atom. The van der Waals surface area contributed by atoms with Gasteiger partial charge in [-0.25, -0.2) is 4.39 Å². The molecular weight excluding hydrogens is 286 g/mol. The zero-order valence-corrected chi connectivity index (χ0v) is 12.8. The van der Waals surface area contributed by atoms with Gasteiger partial charge in [-0.3, -0.25) is 0 Å². The van der Waals surface area contributed by atoms with Crippen LogP contribution >= 0.6 is 0 Å². The molecule has 122 valence electrons. The van der Waals surface area contributed by atoms with Crippen LogP contribution in [0.2, 0.25) is 0 Å². The third kappa shape index (κ3) is 4.68. The standard InChI is InChI=1S/C13H17F4NO.C2H6/c1-3-12(19,4-2)11(18)8-5-6-9(10(14)7-8)13(15,16)17;1-2/h5-7,11,19H,3-4,18H2,1-2H3;1-2H3. The minimum atomic E-state index is -4.74. The maximum absolute atomic E-state index is 13.4. The molecule has 0 aliphatic rings. The summed E-state index contributed by atoms with van der Waals surface area (Å²) in [6.45, 7) is 7.42. The topological polar surface area (TPSA) is 46.2 Å². The highest BCUT2D eigenvalue weighted by Gasteiger charge is 2.36. The summed E-state index contributed by atoms with van der Waals surface area (Å²) >= 11 is 0. The maximum atomic E-state index is 13.4. The van der Waals surface area contributed by atoms with Gasteiger partial charge in [0.2, 0.25) is 0 Å². The van der Waals surface area contributed by atoms with Gasteiger partial charge in [0.25, 0.3) is 0 Å². The number of benzene rings is 1. The van der Waals surface area contributed by atoms with Crippen molar-refractivity contribution < 1.29 is 22.7 Å². The Morgan fingerprint density at radius 3 is 1.95 bits per heavy atom. The molecule has 0 aromatic heterocycles. The molecular formula is C15H23F4NO. The molecule has 3 N–H and O–H groups in total. The Kier molecular flexibility index (Phi) is 7.33. The number of hydrogen-bond acceptors (Lipinski definition) is 2. The summed E-state index contributed by atoms with van der Waals surface area (Å²) in [6, 6.07) is 1.56. The van der Waals surface area contributed by atoms with Crippen LogP contribution in [0.1, 0.15) is 57.7 Å². The summed E-state index contributed by atoms with van der Waals surface area (Å²) in [5, 5.41) is 10.2. The number of nitrogens with two attached hydrogens (primary N) is 1. The van der Waals surface area contributed by atoms with Gasteiger partial charge in [0.05, 0.1) is 17.2 Å². The van der Waals surface area contributed by atoms with E-state index in [1.54, 1.807) is 13.8 Å². The van der Waals surface area contributed by atoms with Crippen LogP contribution in [0.4, 0.5) is 17.6 Å². The largest absolute Gasteiger partial charge is 0.419 e. The second-order valence-corrected chi connectivity index (χ2v) is 4.53. The number of aliphatic hydroxyl groups is 1. The van der Waals surface area contributed by atoms with Gasteiger partial charge in [0, 0.05) is 0 Å². The fourth-order valence-corrected chi connectivity index (χ4v) is 1.95. The van der Waals surface area contributed by atoms with Crippen LogP contribution in [0.5, 0.6) is 0 Å². The Bertz CT molecular complexity index is 442. The number of halogens is 4. The number of hydrogen-bond donors (Lipinski definition) is 2. The molecule has 1 aromatic rings. The summed E-state index contributed by atoms with van der Waals surface area (Å²) in [4.78, 5) is 0. The molecule has 0 saturated heterocycles. The Balaban J connectivity index is 0.00000191. The Morgan fingerprint density at radius 2 is 1.62 bits per heavy atom. The smallest absolute Gasteiger partial charge is 0.388 e. The number of rotatable bonds is 4. The lowest BCUT2D eigenvalue weighted by atomic mass is 9.84. The van der Waals surface area contributed by atoms with Gasteiger partial charge in [0.1, 0.15) is 5.82 Å². The summed E-state index contributed by atoms with van der Waals surface area (Å²) in [5.41, 5.74) is 3.38. The van der Waals surface area contributed by atoms with Crippen molar-refractivity contribution in [2.24, 2.45) is 5.73 Å². The van der Waals surface area contributed by atoms with Crippen LogP contribution in [0.25, 0.3) is 0 Å². The van der Waals surface area contributed by atoms with Crippen molar-refractivity contribution in [1.29, 1.82) is 0 Å². The predicted molar refractivity (Wildman–Crippen MR) is 75.2 cm³/mol. The SMILES string of the molecule is CC.CCC(O)(CC)C(N)c1ccc(C(F)(F)F)c(F)c1. The van der Waals surface area contributed by atoms with E-state index in [2.05, 4.69) is 0 Å². The summed E-state index contributed by atoms with van der Waals surface area (Å²) in [7, 11) is 0. The van der Waals surface area contributed by atoms with Crippen molar-refractivity contribution >= 4 is 0 Å². The van der Waals surface area contributed by atoms with Crippen LogP contribution in [0.15, 0.2) is 18.2 Å². The van der Waals surface area contributed by atoms with Gasteiger partial charge >= 0.3 is 6.18 Å². The molecule has 0 amide bonds. The van der Waals surface area contributed by atoms with Gasteiger partial charge in [0.15, 0.2) is 0 Å². The predicted octanol–water partition coefficient (Wildman–Crippen LogP) is 4.42. The van der Waals surface area contributed by atoms with Crippen molar-refractivity contribution in [2.75, 3.05) is 0 Å². The van der Waals surface area contributed by atoms with E-state index in [1.807, 2.05) is 13.8 Å². The van der Waals surface area contributed by atoms with Crippen molar-refractivity contribution in [3.05, 3.63) is 35.1 Å². The highest BCUT2D eigenvalue weighted by atomic mass is 19.4. The molecule has 1 unspecified atom stereocenters. The van der Waals surface area contributed by atoms with Crippen LogP contribution < -0.4 is 5.73 Å². The van der Waals surface area contributed by atoms with Crippen molar-refractivity contribution in [3.8, 4) is 0 Å². The van der Waals surface area contributed by atoms with E-state index < -0.39 is 29.2 Å². The molecule has 0 aliphatic heterocycles. The molecule has 0 saturated carbocycles. The minimum Gasteiger partial charge on any atom is -0.388 e. The highest BCUT2D eigenvalue weighted by Crippen LogP contribution is 2.35. The average molecular weight is 309 g/mol. The summed E-state index contributed by atoms with van der Waals surface area (Å²) in [6.07, 6.45) is -4.08. The first kappa shape index (κ1) is 19.9. The quantitative estimate of drug-likeness (QED) is 0.809. The van der Waals surface area contributed by atoms with E-state index in [9.17, 15) is 22.7 Å². The number of alkyl halides is 3. The molecule has 0 fully saturated rings. The fraction of sp³-hybridized carbons (Fsp3) is 0.600. The summed E-state index contributed by atoms with van der Waals surface area (Å²) < 4.78 is 50.7.